The molecule has 0 saturated heterocycles. The summed E-state index contributed by atoms with van der Waals surface area (Å²) < 4.78 is 13.1. The zero-order valence-corrected chi connectivity index (χ0v) is 17.7. The van der Waals surface area contributed by atoms with Crippen LogP contribution in [0.2, 0.25) is 0 Å². The smallest absolute Gasteiger partial charge is 0.265 e. The van der Waals surface area contributed by atoms with E-state index in [9.17, 15) is 4.79 Å². The SMILES string of the molecule is Cc1nn(C)c2sc(C(=O)Nc3cccc(COCCOc4ccccc4)c3)cc12. The number of rotatable bonds is 8. The maximum absolute atomic E-state index is 12.7. The van der Waals surface area contributed by atoms with Crippen molar-refractivity contribution < 1.29 is 14.3 Å². The number of para-hydroxylation sites is 1. The first-order valence-electron chi connectivity index (χ1n) is 9.69. The zero-order valence-electron chi connectivity index (χ0n) is 16.9. The van der Waals surface area contributed by atoms with Gasteiger partial charge in [0.2, 0.25) is 0 Å². The van der Waals surface area contributed by atoms with Gasteiger partial charge in [-0.15, -0.1) is 11.3 Å². The van der Waals surface area contributed by atoms with Crippen LogP contribution in [0.1, 0.15) is 20.9 Å². The molecule has 0 saturated carbocycles. The molecule has 0 aliphatic rings. The number of hydrogen-bond donors (Lipinski definition) is 1. The molecule has 6 nitrogen and oxygen atoms in total. The van der Waals surface area contributed by atoms with Crippen LogP contribution in [0.15, 0.2) is 60.7 Å². The van der Waals surface area contributed by atoms with Gasteiger partial charge >= 0.3 is 0 Å². The van der Waals surface area contributed by atoms with Crippen LogP contribution in [-0.2, 0) is 18.4 Å². The van der Waals surface area contributed by atoms with Crippen molar-refractivity contribution in [3.63, 3.8) is 0 Å². The predicted molar refractivity (Wildman–Crippen MR) is 119 cm³/mol. The van der Waals surface area contributed by atoms with Crippen LogP contribution in [0, 0.1) is 6.92 Å². The van der Waals surface area contributed by atoms with Gasteiger partial charge in [-0.05, 0) is 42.8 Å². The summed E-state index contributed by atoms with van der Waals surface area (Å²) in [6.07, 6.45) is 0. The maximum atomic E-state index is 12.7. The monoisotopic (exact) mass is 421 g/mol. The largest absolute Gasteiger partial charge is 0.491 e. The Labute approximate surface area is 179 Å². The van der Waals surface area contributed by atoms with Crippen molar-refractivity contribution in [1.82, 2.24) is 9.78 Å². The fourth-order valence-corrected chi connectivity index (χ4v) is 4.19. The van der Waals surface area contributed by atoms with Crippen molar-refractivity contribution in [3.05, 3.63) is 76.8 Å². The maximum Gasteiger partial charge on any atom is 0.265 e. The summed E-state index contributed by atoms with van der Waals surface area (Å²) >= 11 is 1.44. The van der Waals surface area contributed by atoms with Gasteiger partial charge in [0, 0.05) is 18.1 Å². The van der Waals surface area contributed by atoms with Crippen LogP contribution in [0.4, 0.5) is 5.69 Å². The Hall–Kier alpha value is -3.16. The van der Waals surface area contributed by atoms with E-state index in [0.717, 1.165) is 32.9 Å². The molecule has 0 spiro atoms. The van der Waals surface area contributed by atoms with Crippen molar-refractivity contribution in [3.8, 4) is 5.75 Å². The number of benzene rings is 2. The molecule has 0 unspecified atom stereocenters. The van der Waals surface area contributed by atoms with Crippen molar-refractivity contribution in [2.24, 2.45) is 7.05 Å². The summed E-state index contributed by atoms with van der Waals surface area (Å²) in [7, 11) is 1.89. The number of nitrogens with zero attached hydrogens (tertiary/aromatic N) is 2. The Morgan fingerprint density at radius 1 is 1.10 bits per heavy atom. The van der Waals surface area contributed by atoms with Crippen LogP contribution >= 0.6 is 11.3 Å². The fraction of sp³-hybridized carbons (Fsp3) is 0.217. The van der Waals surface area contributed by atoms with Crippen LogP contribution in [0.3, 0.4) is 0 Å². The third kappa shape index (κ3) is 4.69. The highest BCUT2D eigenvalue weighted by Gasteiger charge is 2.15. The summed E-state index contributed by atoms with van der Waals surface area (Å²) in [5.41, 5.74) is 2.66. The van der Waals surface area contributed by atoms with E-state index in [1.165, 1.54) is 11.3 Å². The topological polar surface area (TPSA) is 65.4 Å². The molecule has 0 fully saturated rings. The molecule has 0 aliphatic carbocycles. The lowest BCUT2D eigenvalue weighted by molar-refractivity contribution is 0.0889. The van der Waals surface area contributed by atoms with E-state index >= 15 is 0 Å². The minimum Gasteiger partial charge on any atom is -0.491 e. The molecule has 2 aromatic heterocycles. The number of anilines is 1. The summed E-state index contributed by atoms with van der Waals surface area (Å²) in [5.74, 6) is 0.711. The summed E-state index contributed by atoms with van der Waals surface area (Å²) in [4.78, 5) is 14.3. The first-order chi connectivity index (χ1) is 14.6. The number of carbonyl (C=O) groups excluding carboxylic acids is 1. The summed E-state index contributed by atoms with van der Waals surface area (Å²) in [6.45, 7) is 3.38. The molecule has 2 aromatic carbocycles. The van der Waals surface area contributed by atoms with Crippen molar-refractivity contribution >= 4 is 33.1 Å². The van der Waals surface area contributed by atoms with Gasteiger partial charge in [0.15, 0.2) is 0 Å². The van der Waals surface area contributed by atoms with Gasteiger partial charge in [0.1, 0.15) is 17.2 Å². The van der Waals surface area contributed by atoms with Crippen LogP contribution in [0.5, 0.6) is 5.75 Å². The van der Waals surface area contributed by atoms with E-state index < -0.39 is 0 Å². The van der Waals surface area contributed by atoms with Gasteiger partial charge in [-0.25, -0.2) is 0 Å². The van der Waals surface area contributed by atoms with Crippen molar-refractivity contribution in [2.75, 3.05) is 18.5 Å². The second kappa shape index (κ2) is 9.11. The highest BCUT2D eigenvalue weighted by atomic mass is 32.1. The second-order valence-electron chi connectivity index (χ2n) is 6.91. The number of carbonyl (C=O) groups is 1. The molecule has 4 rings (SSSR count). The standard InChI is InChI=1S/C23H23N3O3S/c1-16-20-14-21(30-23(20)26(2)25-16)22(27)24-18-8-6-7-17(13-18)15-28-11-12-29-19-9-4-3-5-10-19/h3-10,13-14H,11-12,15H2,1-2H3,(H,24,27). The first kappa shape index (κ1) is 20.1. The molecule has 0 atom stereocenters. The molecular weight excluding hydrogens is 398 g/mol. The molecule has 2 heterocycles. The molecule has 1 amide bonds. The highest BCUT2D eigenvalue weighted by molar-refractivity contribution is 7.20. The molecule has 30 heavy (non-hydrogen) atoms. The Bertz CT molecular complexity index is 1120. The molecular formula is C23H23N3O3S. The minimum atomic E-state index is -0.120. The number of aryl methyl sites for hydroxylation is 2. The third-order valence-corrected chi connectivity index (χ3v) is 5.81. The normalized spacial score (nSPS) is 11.0. The average molecular weight is 422 g/mol. The quantitative estimate of drug-likeness (QED) is 0.416. The number of nitrogens with one attached hydrogen (secondary N) is 1. The van der Waals surface area contributed by atoms with E-state index in [2.05, 4.69) is 10.4 Å². The minimum absolute atomic E-state index is 0.120. The van der Waals surface area contributed by atoms with Gasteiger partial charge < -0.3 is 14.8 Å². The van der Waals surface area contributed by atoms with Crippen molar-refractivity contribution in [2.45, 2.75) is 13.5 Å². The third-order valence-electron chi connectivity index (χ3n) is 4.61. The van der Waals surface area contributed by atoms with Crippen LogP contribution in [0.25, 0.3) is 10.2 Å². The summed E-state index contributed by atoms with van der Waals surface area (Å²) in [6, 6.07) is 19.2. The van der Waals surface area contributed by atoms with Gasteiger partial charge in [-0.2, -0.15) is 5.10 Å². The van der Waals surface area contributed by atoms with E-state index in [1.54, 1.807) is 0 Å². The lowest BCUT2D eigenvalue weighted by Crippen LogP contribution is -2.10. The Morgan fingerprint density at radius 3 is 2.73 bits per heavy atom. The molecule has 0 bridgehead atoms. The lowest BCUT2D eigenvalue weighted by atomic mass is 10.2. The first-order valence-corrected chi connectivity index (χ1v) is 10.5. The van der Waals surface area contributed by atoms with Gasteiger partial charge in [-0.3, -0.25) is 9.48 Å². The average Bonchev–Trinajstić information content (AvgIpc) is 3.30. The van der Waals surface area contributed by atoms with E-state index in [-0.39, 0.29) is 5.91 Å². The molecule has 4 aromatic rings. The molecule has 1 N–H and O–H groups in total. The summed E-state index contributed by atoms with van der Waals surface area (Å²) in [5, 5.41) is 8.37. The van der Waals surface area contributed by atoms with Gasteiger partial charge in [-0.1, -0.05) is 30.3 Å². The molecule has 0 aliphatic heterocycles. The number of ether oxygens (including phenoxy) is 2. The van der Waals surface area contributed by atoms with Crippen molar-refractivity contribution in [1.29, 1.82) is 0 Å². The van der Waals surface area contributed by atoms with Crippen LogP contribution < -0.4 is 10.1 Å². The Balaban J connectivity index is 1.30. The van der Waals surface area contributed by atoms with E-state index in [4.69, 9.17) is 9.47 Å². The number of hydrogen-bond acceptors (Lipinski definition) is 5. The van der Waals surface area contributed by atoms with E-state index in [1.807, 2.05) is 79.3 Å². The fourth-order valence-electron chi connectivity index (χ4n) is 3.17. The van der Waals surface area contributed by atoms with E-state index in [0.29, 0.717) is 24.7 Å². The van der Waals surface area contributed by atoms with Gasteiger partial charge in [0.25, 0.3) is 5.91 Å². The molecule has 154 valence electrons. The second-order valence-corrected chi connectivity index (χ2v) is 7.94. The molecule has 7 heteroatoms. The van der Waals surface area contributed by atoms with Gasteiger partial charge in [0.05, 0.1) is 23.8 Å². The Morgan fingerprint density at radius 2 is 1.93 bits per heavy atom. The zero-order chi connectivity index (χ0) is 20.9. The lowest BCUT2D eigenvalue weighted by Gasteiger charge is -2.09. The Kier molecular flexibility index (Phi) is 6.11. The molecule has 0 radical (unpaired) electrons. The number of fused-ring (bicyclic) bond motifs is 1. The number of aromatic nitrogens is 2. The number of thiophene rings is 1. The number of amides is 1. The predicted octanol–water partition coefficient (Wildman–Crippen LogP) is 4.79. The van der Waals surface area contributed by atoms with Crippen LogP contribution in [-0.4, -0.2) is 28.9 Å². The highest BCUT2D eigenvalue weighted by Crippen LogP contribution is 2.28.